The van der Waals surface area contributed by atoms with E-state index in [1.165, 1.54) is 25.1 Å². The molecule has 0 bridgehead atoms. The van der Waals surface area contributed by atoms with Crippen LogP contribution in [0.2, 0.25) is 0 Å². The maximum Gasteiger partial charge on any atom is 0.303 e. The number of carbonyl (C=O) groups excluding carboxylic acids is 1. The van der Waals surface area contributed by atoms with Crippen molar-refractivity contribution in [2.24, 2.45) is 4.99 Å². The van der Waals surface area contributed by atoms with Crippen LogP contribution in [0.15, 0.2) is 71.7 Å². The first-order chi connectivity index (χ1) is 17.6. The molecule has 0 aliphatic heterocycles. The van der Waals surface area contributed by atoms with Crippen molar-refractivity contribution in [3.05, 3.63) is 94.8 Å². The van der Waals surface area contributed by atoms with Crippen molar-refractivity contribution in [3.8, 4) is 5.88 Å². The summed E-state index contributed by atoms with van der Waals surface area (Å²) < 4.78 is 15.2. The summed E-state index contributed by atoms with van der Waals surface area (Å²) in [6.07, 6.45) is 0.391. The molecule has 4 aromatic rings. The van der Waals surface area contributed by atoms with Gasteiger partial charge in [0.1, 0.15) is 5.82 Å². The van der Waals surface area contributed by atoms with Gasteiger partial charge in [-0.05, 0) is 62.0 Å². The largest absolute Gasteiger partial charge is 0.494 e. The average Bonchev–Trinajstić information content (AvgIpc) is 3.13. The Morgan fingerprint density at radius 1 is 0.973 bits per heavy atom. The average molecular weight is 502 g/mol. The second kappa shape index (κ2) is 10.8. The molecule has 4 rings (SSSR count). The number of rotatable bonds is 8. The van der Waals surface area contributed by atoms with Crippen LogP contribution in [0.3, 0.4) is 0 Å². The van der Waals surface area contributed by atoms with E-state index < -0.39 is 17.7 Å². The van der Waals surface area contributed by atoms with E-state index in [4.69, 9.17) is 10.1 Å². The summed E-state index contributed by atoms with van der Waals surface area (Å²) >= 11 is 0. The summed E-state index contributed by atoms with van der Waals surface area (Å²) in [5.41, 5.74) is 4.19. The highest BCUT2D eigenvalue weighted by Gasteiger charge is 2.24. The van der Waals surface area contributed by atoms with Crippen LogP contribution in [0, 0.1) is 5.82 Å². The summed E-state index contributed by atoms with van der Waals surface area (Å²) in [7, 11) is 3.97. The molecule has 0 aliphatic rings. The van der Waals surface area contributed by atoms with Gasteiger partial charge in [-0.2, -0.15) is 0 Å². The molecule has 7 nitrogen and oxygen atoms in total. The second-order valence-corrected chi connectivity index (χ2v) is 9.17. The molecule has 8 heteroatoms. The smallest absolute Gasteiger partial charge is 0.303 e. The molecule has 3 aromatic carbocycles. The molecular weight excluding hydrogens is 473 g/mol. The Kier molecular flexibility index (Phi) is 7.50. The van der Waals surface area contributed by atoms with Gasteiger partial charge in [0, 0.05) is 30.8 Å². The summed E-state index contributed by atoms with van der Waals surface area (Å²) in [5.74, 6) is -2.20. The number of aliphatic carboxylic acids is 1. The number of carbonyl (C=O) groups is 2. The number of carboxylic acids is 1. The van der Waals surface area contributed by atoms with Crippen LogP contribution in [-0.2, 0) is 17.8 Å². The summed E-state index contributed by atoms with van der Waals surface area (Å²) in [5, 5.41) is 20.7. The fourth-order valence-electron chi connectivity index (χ4n) is 4.32. The van der Waals surface area contributed by atoms with Crippen LogP contribution < -0.4 is 0 Å². The molecule has 0 unspecified atom stereocenters. The summed E-state index contributed by atoms with van der Waals surface area (Å²) in [6.45, 7) is 2.07. The first kappa shape index (κ1) is 25.8. The number of hydrogen-bond acceptors (Lipinski definition) is 5. The van der Waals surface area contributed by atoms with Crippen LogP contribution in [-0.4, -0.2) is 51.4 Å². The molecule has 0 saturated heterocycles. The zero-order chi connectivity index (χ0) is 26.7. The lowest BCUT2D eigenvalue weighted by atomic mass is 9.98. The number of hydrogen-bond donors (Lipinski definition) is 2. The molecule has 0 atom stereocenters. The van der Waals surface area contributed by atoms with E-state index in [1.807, 2.05) is 50.5 Å². The van der Waals surface area contributed by atoms with E-state index in [1.54, 1.807) is 12.1 Å². The van der Waals surface area contributed by atoms with Crippen molar-refractivity contribution in [2.75, 3.05) is 14.1 Å². The predicted octanol–water partition coefficient (Wildman–Crippen LogP) is 5.39. The third kappa shape index (κ3) is 5.76. The highest BCUT2D eigenvalue weighted by atomic mass is 19.1. The molecule has 0 amide bonds. The quantitative estimate of drug-likeness (QED) is 0.316. The topological polar surface area (TPSA) is 95.1 Å². The van der Waals surface area contributed by atoms with Crippen molar-refractivity contribution in [2.45, 2.75) is 26.3 Å². The fraction of sp³-hybridized carbons (Fsp3) is 0.207. The molecule has 0 radical (unpaired) electrons. The summed E-state index contributed by atoms with van der Waals surface area (Å²) in [6, 6.07) is 18.9. The number of aromatic nitrogens is 1. The van der Waals surface area contributed by atoms with Crippen LogP contribution in [0.5, 0.6) is 5.88 Å². The highest BCUT2D eigenvalue weighted by Crippen LogP contribution is 2.35. The van der Waals surface area contributed by atoms with Crippen LogP contribution in [0.1, 0.15) is 40.4 Å². The van der Waals surface area contributed by atoms with Crippen LogP contribution >= 0.6 is 0 Å². The number of carboxylic acid groups (broad SMARTS) is 1. The number of nitrogens with zero attached hydrogens (tertiary/aromatic N) is 3. The molecule has 0 aliphatic carbocycles. The van der Waals surface area contributed by atoms with Crippen LogP contribution in [0.4, 0.5) is 10.1 Å². The van der Waals surface area contributed by atoms with Gasteiger partial charge in [0.15, 0.2) is 0 Å². The van der Waals surface area contributed by atoms with E-state index in [0.29, 0.717) is 34.3 Å². The molecule has 0 fully saturated rings. The van der Waals surface area contributed by atoms with E-state index in [9.17, 15) is 19.1 Å². The van der Waals surface area contributed by atoms with Gasteiger partial charge in [0.25, 0.3) is 0 Å². The molecule has 190 valence electrons. The van der Waals surface area contributed by atoms with E-state index in [0.717, 1.165) is 22.2 Å². The molecule has 0 saturated carbocycles. The summed E-state index contributed by atoms with van der Waals surface area (Å²) in [4.78, 5) is 30.3. The zero-order valence-corrected chi connectivity index (χ0v) is 20.9. The fourth-order valence-corrected chi connectivity index (χ4v) is 4.32. The van der Waals surface area contributed by atoms with Crippen molar-refractivity contribution < 1.29 is 24.2 Å². The Balaban J connectivity index is 1.89. The molecule has 0 spiro atoms. The normalized spacial score (nSPS) is 11.9. The Morgan fingerprint density at radius 3 is 2.22 bits per heavy atom. The minimum Gasteiger partial charge on any atom is -0.494 e. The first-order valence-electron chi connectivity index (χ1n) is 11.8. The lowest BCUT2D eigenvalue weighted by molar-refractivity contribution is -0.136. The van der Waals surface area contributed by atoms with Crippen molar-refractivity contribution in [1.29, 1.82) is 0 Å². The Bertz CT molecular complexity index is 1490. The number of aryl methyl sites for hydroxylation is 1. The third-order valence-corrected chi connectivity index (χ3v) is 5.99. The predicted molar refractivity (Wildman–Crippen MR) is 141 cm³/mol. The minimum absolute atomic E-state index is 0.0119. The SMILES string of the molecule is CC(=O)n1c(O)c(C(=Nc2ccc(CN(C)C)cc2)c2ccc(CCC(=O)O)cc2)c2ccc(F)cc21. The highest BCUT2D eigenvalue weighted by molar-refractivity contribution is 6.23. The van der Waals surface area contributed by atoms with Gasteiger partial charge in [-0.25, -0.2) is 13.9 Å². The Hall–Kier alpha value is -4.30. The van der Waals surface area contributed by atoms with Gasteiger partial charge in [-0.3, -0.25) is 9.59 Å². The Morgan fingerprint density at radius 2 is 1.62 bits per heavy atom. The minimum atomic E-state index is -0.877. The standard InChI is InChI=1S/C29H28FN3O4/c1-18(34)33-25-16-22(30)11-14-24(25)27(29(33)37)28(21-9-4-19(5-10-21)8-15-26(35)36)31-23-12-6-20(7-13-23)17-32(2)3/h4-7,9-14,16,37H,8,15,17H2,1-3H3,(H,35,36). The van der Waals surface area contributed by atoms with E-state index in [2.05, 4.69) is 4.90 Å². The molecule has 37 heavy (non-hydrogen) atoms. The number of fused-ring (bicyclic) bond motifs is 1. The lowest BCUT2D eigenvalue weighted by Crippen LogP contribution is -2.10. The first-order valence-corrected chi connectivity index (χ1v) is 11.8. The monoisotopic (exact) mass is 501 g/mol. The van der Waals surface area contributed by atoms with Crippen molar-refractivity contribution >= 4 is 34.2 Å². The van der Waals surface area contributed by atoms with Crippen molar-refractivity contribution in [1.82, 2.24) is 9.47 Å². The molecule has 1 heterocycles. The lowest BCUT2D eigenvalue weighted by Gasteiger charge is -2.11. The molecular formula is C29H28FN3O4. The van der Waals surface area contributed by atoms with Gasteiger partial charge < -0.3 is 15.1 Å². The maximum absolute atomic E-state index is 14.1. The zero-order valence-electron chi connectivity index (χ0n) is 20.9. The molecule has 2 N–H and O–H groups in total. The molecule has 1 aromatic heterocycles. The third-order valence-electron chi connectivity index (χ3n) is 5.99. The van der Waals surface area contributed by atoms with Gasteiger partial charge in [-0.15, -0.1) is 0 Å². The van der Waals surface area contributed by atoms with E-state index in [-0.39, 0.29) is 17.8 Å². The van der Waals surface area contributed by atoms with Gasteiger partial charge >= 0.3 is 5.97 Å². The van der Waals surface area contributed by atoms with Crippen molar-refractivity contribution in [3.63, 3.8) is 0 Å². The van der Waals surface area contributed by atoms with Gasteiger partial charge in [0.05, 0.1) is 22.5 Å². The maximum atomic E-state index is 14.1. The van der Waals surface area contributed by atoms with E-state index >= 15 is 0 Å². The van der Waals surface area contributed by atoms with Gasteiger partial charge in [-0.1, -0.05) is 36.4 Å². The number of aromatic hydroxyl groups is 1. The Labute approximate surface area is 214 Å². The second-order valence-electron chi connectivity index (χ2n) is 9.17. The number of aliphatic imine (C=N–C) groups is 1. The van der Waals surface area contributed by atoms with Crippen LogP contribution in [0.25, 0.3) is 10.9 Å². The number of halogens is 1. The number of benzene rings is 3. The van der Waals surface area contributed by atoms with Gasteiger partial charge in [0.2, 0.25) is 11.8 Å².